The van der Waals surface area contributed by atoms with Crippen LogP contribution in [0.2, 0.25) is 0 Å². The average molecular weight is 454 g/mol. The standard InChI is InChI=1S/C17H34N4O2.HI/c1-5-6-10-14(13-19-16(22)23-17(2,3)4)20-15(18)21-11-8-7-9-12-21;/h14H,5-13H2,1-4H3,(H2,18,20)(H,19,22);1H. The fraction of sp³-hybridized carbons (Fsp3) is 0.882. The number of nitrogens with two attached hydrogens (primary N) is 1. The number of likely N-dealkylation sites (tertiary alicyclic amines) is 1. The quantitative estimate of drug-likeness (QED) is 0.366. The van der Waals surface area contributed by atoms with Crippen LogP contribution in [0.5, 0.6) is 0 Å². The molecule has 0 aromatic rings. The number of nitrogens with one attached hydrogen (secondary N) is 1. The van der Waals surface area contributed by atoms with Crippen molar-refractivity contribution in [1.29, 1.82) is 0 Å². The Labute approximate surface area is 164 Å². The first-order chi connectivity index (χ1) is 10.8. The Balaban J connectivity index is 0.00000529. The molecule has 0 bridgehead atoms. The van der Waals surface area contributed by atoms with Gasteiger partial charge in [-0.25, -0.2) is 9.79 Å². The number of halogens is 1. The largest absolute Gasteiger partial charge is 0.444 e. The molecule has 1 heterocycles. The Morgan fingerprint density at radius 2 is 1.92 bits per heavy atom. The second-order valence-corrected chi connectivity index (χ2v) is 7.21. The lowest BCUT2D eigenvalue weighted by atomic mass is 10.1. The number of hydrogen-bond donors (Lipinski definition) is 2. The van der Waals surface area contributed by atoms with Crippen molar-refractivity contribution in [2.24, 2.45) is 10.7 Å². The summed E-state index contributed by atoms with van der Waals surface area (Å²) >= 11 is 0. The van der Waals surface area contributed by atoms with Gasteiger partial charge >= 0.3 is 6.09 Å². The molecule has 0 aromatic carbocycles. The maximum atomic E-state index is 11.8. The van der Waals surface area contributed by atoms with Gasteiger partial charge in [-0.2, -0.15) is 0 Å². The molecule has 1 unspecified atom stereocenters. The molecule has 1 aliphatic rings. The summed E-state index contributed by atoms with van der Waals surface area (Å²) in [4.78, 5) is 18.6. The molecule has 0 saturated carbocycles. The summed E-state index contributed by atoms with van der Waals surface area (Å²) in [6, 6.07) is 0.00407. The number of piperidine rings is 1. The Bertz CT molecular complexity index is 391. The highest BCUT2D eigenvalue weighted by atomic mass is 127. The molecule has 0 aliphatic carbocycles. The zero-order chi connectivity index (χ0) is 17.3. The summed E-state index contributed by atoms with van der Waals surface area (Å²) in [5, 5.41) is 2.81. The van der Waals surface area contributed by atoms with E-state index >= 15 is 0 Å². The predicted octanol–water partition coefficient (Wildman–Crippen LogP) is 3.49. The second-order valence-electron chi connectivity index (χ2n) is 7.21. The van der Waals surface area contributed by atoms with Gasteiger partial charge in [-0.1, -0.05) is 19.8 Å². The number of ether oxygens (including phenoxy) is 1. The van der Waals surface area contributed by atoms with E-state index in [1.165, 1.54) is 19.3 Å². The summed E-state index contributed by atoms with van der Waals surface area (Å²) in [5.74, 6) is 0.608. The Hall–Kier alpha value is -0.730. The van der Waals surface area contributed by atoms with E-state index in [1.807, 2.05) is 20.8 Å². The molecule has 0 radical (unpaired) electrons. The van der Waals surface area contributed by atoms with E-state index in [4.69, 9.17) is 10.5 Å². The van der Waals surface area contributed by atoms with Gasteiger partial charge in [0.1, 0.15) is 5.60 Å². The number of guanidine groups is 1. The van der Waals surface area contributed by atoms with Crippen LogP contribution >= 0.6 is 24.0 Å². The third-order valence-corrected chi connectivity index (χ3v) is 3.77. The van der Waals surface area contributed by atoms with Gasteiger partial charge in [-0.05, 0) is 46.5 Å². The van der Waals surface area contributed by atoms with Crippen molar-refractivity contribution < 1.29 is 9.53 Å². The van der Waals surface area contributed by atoms with Crippen molar-refractivity contribution in [3.8, 4) is 0 Å². The summed E-state index contributed by atoms with van der Waals surface area (Å²) < 4.78 is 5.27. The van der Waals surface area contributed by atoms with Crippen LogP contribution in [0.3, 0.4) is 0 Å². The minimum Gasteiger partial charge on any atom is -0.444 e. The Morgan fingerprint density at radius 1 is 1.29 bits per heavy atom. The van der Waals surface area contributed by atoms with Gasteiger partial charge in [0.15, 0.2) is 5.96 Å². The number of carbonyl (C=O) groups is 1. The topological polar surface area (TPSA) is 79.9 Å². The highest BCUT2D eigenvalue weighted by Gasteiger charge is 2.18. The van der Waals surface area contributed by atoms with Crippen LogP contribution in [-0.4, -0.2) is 48.2 Å². The molecule has 7 heteroatoms. The summed E-state index contributed by atoms with van der Waals surface area (Å²) in [7, 11) is 0. The highest BCUT2D eigenvalue weighted by molar-refractivity contribution is 14.0. The van der Waals surface area contributed by atoms with Crippen LogP contribution in [-0.2, 0) is 4.74 Å². The molecule has 0 aromatic heterocycles. The zero-order valence-electron chi connectivity index (χ0n) is 15.6. The first-order valence-electron chi connectivity index (χ1n) is 8.87. The molecule has 1 amide bonds. The van der Waals surface area contributed by atoms with Crippen molar-refractivity contribution in [1.82, 2.24) is 10.2 Å². The van der Waals surface area contributed by atoms with Gasteiger partial charge in [0.05, 0.1) is 6.04 Å². The fourth-order valence-corrected chi connectivity index (χ4v) is 2.56. The van der Waals surface area contributed by atoms with Crippen molar-refractivity contribution in [2.45, 2.75) is 77.9 Å². The average Bonchev–Trinajstić information content (AvgIpc) is 2.49. The molecule has 142 valence electrons. The SMILES string of the molecule is CCCCC(CNC(=O)OC(C)(C)C)N=C(N)N1CCCCC1.I. The lowest BCUT2D eigenvalue weighted by Crippen LogP contribution is -2.43. The molecule has 1 aliphatic heterocycles. The van der Waals surface area contributed by atoms with E-state index in [2.05, 4.69) is 22.1 Å². The number of aliphatic imine (C=N–C) groups is 1. The highest BCUT2D eigenvalue weighted by Crippen LogP contribution is 2.11. The van der Waals surface area contributed by atoms with Gasteiger partial charge < -0.3 is 20.7 Å². The number of rotatable bonds is 6. The lowest BCUT2D eigenvalue weighted by Gasteiger charge is -2.28. The van der Waals surface area contributed by atoms with Crippen molar-refractivity contribution in [3.63, 3.8) is 0 Å². The number of nitrogens with zero attached hydrogens (tertiary/aromatic N) is 2. The minimum absolute atomic E-state index is 0. The van der Waals surface area contributed by atoms with Gasteiger partial charge in [-0.3, -0.25) is 0 Å². The molecule has 3 N–H and O–H groups in total. The number of carbonyl (C=O) groups excluding carboxylic acids is 1. The number of unbranched alkanes of at least 4 members (excludes halogenated alkanes) is 1. The smallest absolute Gasteiger partial charge is 0.407 e. The van der Waals surface area contributed by atoms with Crippen LogP contribution in [0.4, 0.5) is 4.79 Å². The van der Waals surface area contributed by atoms with Crippen molar-refractivity contribution in [2.75, 3.05) is 19.6 Å². The minimum atomic E-state index is -0.487. The molecule has 1 atom stereocenters. The maximum absolute atomic E-state index is 11.8. The van der Waals surface area contributed by atoms with E-state index in [0.29, 0.717) is 12.5 Å². The van der Waals surface area contributed by atoms with Gasteiger partial charge in [0.25, 0.3) is 0 Å². The summed E-state index contributed by atoms with van der Waals surface area (Å²) in [5.41, 5.74) is 5.67. The van der Waals surface area contributed by atoms with Crippen LogP contribution < -0.4 is 11.1 Å². The van der Waals surface area contributed by atoms with E-state index in [1.54, 1.807) is 0 Å². The molecule has 1 rings (SSSR count). The third-order valence-electron chi connectivity index (χ3n) is 3.77. The molecule has 24 heavy (non-hydrogen) atoms. The van der Waals surface area contributed by atoms with Crippen LogP contribution in [0.15, 0.2) is 4.99 Å². The molecular weight excluding hydrogens is 419 g/mol. The van der Waals surface area contributed by atoms with Crippen molar-refractivity contribution >= 4 is 36.0 Å². The first-order valence-corrected chi connectivity index (χ1v) is 8.87. The summed E-state index contributed by atoms with van der Waals surface area (Å²) in [6.45, 7) is 10.1. The maximum Gasteiger partial charge on any atom is 0.407 e. The van der Waals surface area contributed by atoms with E-state index in [0.717, 1.165) is 32.4 Å². The first kappa shape index (κ1) is 23.3. The molecular formula is C17H35IN4O2. The van der Waals surface area contributed by atoms with Crippen LogP contribution in [0.25, 0.3) is 0 Å². The third kappa shape index (κ3) is 10.2. The van der Waals surface area contributed by atoms with Crippen molar-refractivity contribution in [3.05, 3.63) is 0 Å². The van der Waals surface area contributed by atoms with Crippen LogP contribution in [0.1, 0.15) is 66.2 Å². The van der Waals surface area contributed by atoms with E-state index in [9.17, 15) is 4.79 Å². The fourth-order valence-electron chi connectivity index (χ4n) is 2.56. The molecule has 6 nitrogen and oxygen atoms in total. The molecule has 0 spiro atoms. The lowest BCUT2D eigenvalue weighted by molar-refractivity contribution is 0.0524. The van der Waals surface area contributed by atoms with E-state index in [-0.39, 0.29) is 30.0 Å². The van der Waals surface area contributed by atoms with Gasteiger partial charge in [0, 0.05) is 19.6 Å². The Kier molecular flexibility index (Phi) is 11.4. The second kappa shape index (κ2) is 11.8. The number of alkyl carbamates (subject to hydrolysis) is 1. The molecule has 1 saturated heterocycles. The van der Waals surface area contributed by atoms with Gasteiger partial charge in [-0.15, -0.1) is 24.0 Å². The normalized spacial score (nSPS) is 17.0. The predicted molar refractivity (Wildman–Crippen MR) is 110 cm³/mol. The monoisotopic (exact) mass is 454 g/mol. The summed E-state index contributed by atoms with van der Waals surface area (Å²) in [6.07, 6.45) is 6.30. The van der Waals surface area contributed by atoms with E-state index < -0.39 is 11.7 Å². The number of hydrogen-bond acceptors (Lipinski definition) is 3. The zero-order valence-corrected chi connectivity index (χ0v) is 18.0. The van der Waals surface area contributed by atoms with Crippen LogP contribution in [0, 0.1) is 0 Å². The molecule has 1 fully saturated rings. The van der Waals surface area contributed by atoms with Gasteiger partial charge in [0.2, 0.25) is 0 Å². The Morgan fingerprint density at radius 3 is 2.46 bits per heavy atom. The number of amides is 1.